The molecule has 0 spiro atoms. The van der Waals surface area contributed by atoms with Gasteiger partial charge >= 0.3 is 0 Å². The summed E-state index contributed by atoms with van der Waals surface area (Å²) in [5, 5.41) is 4.01. The van der Waals surface area contributed by atoms with Crippen molar-refractivity contribution in [3.05, 3.63) is 65.7 Å². The van der Waals surface area contributed by atoms with Crippen LogP contribution in [0.3, 0.4) is 0 Å². The highest BCUT2D eigenvalue weighted by molar-refractivity contribution is 7.90. The van der Waals surface area contributed by atoms with Gasteiger partial charge in [-0.3, -0.25) is 4.98 Å². The van der Waals surface area contributed by atoms with Gasteiger partial charge in [0.15, 0.2) is 5.82 Å². The molecule has 176 valence electrons. The Morgan fingerprint density at radius 1 is 1.03 bits per heavy atom. The predicted molar refractivity (Wildman–Crippen MR) is 140 cm³/mol. The molecule has 3 atom stereocenters. The number of hydrogen-bond acceptors (Lipinski definition) is 3. The largest absolute Gasteiger partial charge is 0.610 e. The molecule has 8 rings (SSSR count). The van der Waals surface area contributed by atoms with Gasteiger partial charge in [-0.2, -0.15) is 4.98 Å². The van der Waals surface area contributed by atoms with Crippen LogP contribution in [0.25, 0.3) is 43.8 Å². The first kappa shape index (κ1) is 21.3. The molecule has 2 aromatic carbocycles. The van der Waals surface area contributed by atoms with Gasteiger partial charge in [0.1, 0.15) is 17.5 Å². The fourth-order valence-corrected chi connectivity index (χ4v) is 7.43. The smallest absolute Gasteiger partial charge is 0.254 e. The van der Waals surface area contributed by atoms with E-state index >= 15 is 4.39 Å². The van der Waals surface area contributed by atoms with Crippen LogP contribution in [0, 0.1) is 31.5 Å². The average Bonchev–Trinajstić information content (AvgIpc) is 3.54. The maximum Gasteiger partial charge on any atom is 0.254 e. The molecular formula is C29H26FN3OS. The third-order valence-electron chi connectivity index (χ3n) is 8.23. The van der Waals surface area contributed by atoms with Crippen molar-refractivity contribution in [2.75, 3.05) is 6.26 Å². The van der Waals surface area contributed by atoms with E-state index in [0.717, 1.165) is 38.5 Å². The van der Waals surface area contributed by atoms with Crippen molar-refractivity contribution < 1.29 is 8.94 Å². The van der Waals surface area contributed by atoms with Crippen molar-refractivity contribution in [1.29, 1.82) is 0 Å². The van der Waals surface area contributed by atoms with Crippen LogP contribution in [0.2, 0.25) is 0 Å². The number of nitrogens with zero attached hydrogens (tertiary/aromatic N) is 3. The minimum Gasteiger partial charge on any atom is -0.610 e. The maximum absolute atomic E-state index is 16.4. The fraction of sp³-hybridized carbons (Fsp3) is 0.310. The Kier molecular flexibility index (Phi) is 4.58. The zero-order valence-corrected chi connectivity index (χ0v) is 20.8. The number of rotatable bonds is 3. The summed E-state index contributed by atoms with van der Waals surface area (Å²) in [5.41, 5.74) is 4.40. The molecule has 0 aliphatic heterocycles. The van der Waals surface area contributed by atoms with E-state index in [1.54, 1.807) is 12.5 Å². The zero-order valence-electron chi connectivity index (χ0n) is 20.0. The second kappa shape index (κ2) is 7.52. The van der Waals surface area contributed by atoms with Crippen molar-refractivity contribution in [3.8, 4) is 11.3 Å². The summed E-state index contributed by atoms with van der Waals surface area (Å²) in [6, 6.07) is 14.6. The fourth-order valence-electron chi connectivity index (χ4n) is 6.74. The molecule has 0 amide bonds. The lowest BCUT2D eigenvalue weighted by molar-refractivity contribution is 0.167. The summed E-state index contributed by atoms with van der Waals surface area (Å²) in [4.78, 5) is 9.37. The highest BCUT2D eigenvalue weighted by Crippen LogP contribution is 2.58. The minimum atomic E-state index is -1.35. The Hall–Kier alpha value is -2.96. The van der Waals surface area contributed by atoms with E-state index in [0.29, 0.717) is 28.3 Å². The van der Waals surface area contributed by atoms with Crippen molar-refractivity contribution in [3.63, 3.8) is 0 Å². The van der Waals surface area contributed by atoms with Crippen LogP contribution in [-0.4, -0.2) is 25.3 Å². The normalized spacial score (nSPS) is 22.3. The Morgan fingerprint density at radius 2 is 1.80 bits per heavy atom. The van der Waals surface area contributed by atoms with Crippen molar-refractivity contribution >= 4 is 43.8 Å². The van der Waals surface area contributed by atoms with Crippen molar-refractivity contribution in [1.82, 2.24) is 14.5 Å². The van der Waals surface area contributed by atoms with Gasteiger partial charge < -0.3 is 9.12 Å². The van der Waals surface area contributed by atoms with E-state index in [2.05, 4.69) is 28.6 Å². The highest BCUT2D eigenvalue weighted by Gasteiger charge is 2.48. The van der Waals surface area contributed by atoms with Crippen LogP contribution in [0.4, 0.5) is 4.39 Å². The Labute approximate surface area is 206 Å². The SMILES string of the molecule is Cc1cc(-c2ncc3c(nc([S+](C)[O-])c4cc(C)n(C5C6CCC5C6)c43)c2F)c2ccccc2c1. The van der Waals surface area contributed by atoms with Gasteiger partial charge in [0.25, 0.3) is 5.03 Å². The van der Waals surface area contributed by atoms with Crippen LogP contribution < -0.4 is 0 Å². The monoisotopic (exact) mass is 483 g/mol. The van der Waals surface area contributed by atoms with Gasteiger partial charge in [0.2, 0.25) is 0 Å². The molecule has 3 aliphatic carbocycles. The molecule has 2 bridgehead atoms. The number of halogens is 1. The molecule has 3 unspecified atom stereocenters. The molecule has 3 saturated carbocycles. The number of fused-ring (bicyclic) bond motifs is 5. The molecule has 3 aromatic heterocycles. The molecule has 0 saturated heterocycles. The second-order valence-electron chi connectivity index (χ2n) is 10.3. The highest BCUT2D eigenvalue weighted by atomic mass is 32.2. The molecule has 3 fully saturated rings. The van der Waals surface area contributed by atoms with Gasteiger partial charge in [-0.25, -0.2) is 4.39 Å². The number of aryl methyl sites for hydroxylation is 2. The average molecular weight is 484 g/mol. The standard InChI is InChI=1S/C29H26FN3OS/c1-15-10-17-6-4-5-7-20(17)21(11-15)25-24(30)26-23(14-31-25)28-22(29(32-26)35(3)34)12-16(2)33(28)27-18-8-9-19(27)13-18/h4-7,10-12,14,18-19,27H,8-9,13H2,1-3H3. The molecule has 0 radical (unpaired) electrons. The molecular weight excluding hydrogens is 457 g/mol. The Balaban J connectivity index is 1.55. The quantitative estimate of drug-likeness (QED) is 0.263. The summed E-state index contributed by atoms with van der Waals surface area (Å²) in [5.74, 6) is 0.890. The Morgan fingerprint density at radius 3 is 2.54 bits per heavy atom. The van der Waals surface area contributed by atoms with Gasteiger partial charge in [0, 0.05) is 40.1 Å². The van der Waals surface area contributed by atoms with Gasteiger partial charge in [0.05, 0.1) is 10.9 Å². The minimum absolute atomic E-state index is 0.254. The predicted octanol–water partition coefficient (Wildman–Crippen LogP) is 6.87. The summed E-state index contributed by atoms with van der Waals surface area (Å²) >= 11 is -1.35. The van der Waals surface area contributed by atoms with E-state index in [9.17, 15) is 4.55 Å². The first-order valence-electron chi connectivity index (χ1n) is 12.3. The van der Waals surface area contributed by atoms with Crippen LogP contribution in [-0.2, 0) is 11.2 Å². The van der Waals surface area contributed by atoms with Crippen LogP contribution in [0.5, 0.6) is 0 Å². The number of aromatic nitrogens is 3. The molecule has 35 heavy (non-hydrogen) atoms. The third-order valence-corrected chi connectivity index (χ3v) is 9.09. The van der Waals surface area contributed by atoms with E-state index in [-0.39, 0.29) is 11.2 Å². The molecule has 6 heteroatoms. The number of hydrogen-bond donors (Lipinski definition) is 0. The van der Waals surface area contributed by atoms with E-state index in [1.807, 2.05) is 37.3 Å². The lowest BCUT2D eigenvalue weighted by Gasteiger charge is -2.38. The molecule has 4 nitrogen and oxygen atoms in total. The van der Waals surface area contributed by atoms with E-state index in [4.69, 9.17) is 4.98 Å². The lowest BCUT2D eigenvalue weighted by atomic mass is 9.78. The molecule has 0 N–H and O–H groups in total. The molecule has 5 aromatic rings. The third kappa shape index (κ3) is 2.96. The van der Waals surface area contributed by atoms with E-state index < -0.39 is 17.0 Å². The number of pyridine rings is 2. The summed E-state index contributed by atoms with van der Waals surface area (Å²) in [6.45, 7) is 4.11. The van der Waals surface area contributed by atoms with Crippen molar-refractivity contribution in [2.24, 2.45) is 11.8 Å². The Bertz CT molecular complexity index is 1660. The van der Waals surface area contributed by atoms with E-state index in [1.165, 1.54) is 19.3 Å². The number of benzene rings is 2. The topological polar surface area (TPSA) is 53.8 Å². The van der Waals surface area contributed by atoms with Gasteiger partial charge in [-0.05, 0) is 73.4 Å². The van der Waals surface area contributed by atoms with Crippen molar-refractivity contribution in [2.45, 2.75) is 44.2 Å². The van der Waals surface area contributed by atoms with Crippen LogP contribution in [0.1, 0.15) is 36.6 Å². The first-order valence-corrected chi connectivity index (χ1v) is 13.8. The maximum atomic E-state index is 16.4. The molecule has 3 aliphatic rings. The zero-order chi connectivity index (χ0) is 24.0. The second-order valence-corrected chi connectivity index (χ2v) is 11.6. The first-order chi connectivity index (χ1) is 16.9. The lowest BCUT2D eigenvalue weighted by Crippen LogP contribution is -2.31. The summed E-state index contributed by atoms with van der Waals surface area (Å²) < 4.78 is 31.5. The van der Waals surface area contributed by atoms with Gasteiger partial charge in [-0.15, -0.1) is 0 Å². The van der Waals surface area contributed by atoms with Crippen LogP contribution >= 0.6 is 0 Å². The summed E-state index contributed by atoms with van der Waals surface area (Å²) in [6.07, 6.45) is 7.18. The summed E-state index contributed by atoms with van der Waals surface area (Å²) in [7, 11) is 0. The van der Waals surface area contributed by atoms with Crippen LogP contribution in [0.15, 0.2) is 53.7 Å². The molecule has 3 heterocycles. The van der Waals surface area contributed by atoms with Gasteiger partial charge in [-0.1, -0.05) is 30.3 Å².